The molecule has 0 aromatic carbocycles. The summed E-state index contributed by atoms with van der Waals surface area (Å²) in [6.45, 7) is 8.42. The van der Waals surface area contributed by atoms with Crippen molar-refractivity contribution in [2.45, 2.75) is 51.0 Å². The first-order chi connectivity index (χ1) is 13.2. The van der Waals surface area contributed by atoms with E-state index in [2.05, 4.69) is 49.5 Å². The highest BCUT2D eigenvalue weighted by Gasteiger charge is 2.41. The van der Waals surface area contributed by atoms with Crippen molar-refractivity contribution in [1.29, 1.82) is 0 Å². The molecule has 3 saturated heterocycles. The molecule has 3 atom stereocenters. The van der Waals surface area contributed by atoms with E-state index in [4.69, 9.17) is 4.74 Å². The number of aliphatic imine (C=N–C) groups is 1. The summed E-state index contributed by atoms with van der Waals surface area (Å²) in [4.78, 5) is 13.8. The Morgan fingerprint density at radius 3 is 2.81 bits per heavy atom. The van der Waals surface area contributed by atoms with Gasteiger partial charge in [-0.3, -0.25) is 4.99 Å². The van der Waals surface area contributed by atoms with Crippen LogP contribution in [0.15, 0.2) is 23.3 Å². The number of nitrogens with one attached hydrogen (secondary N) is 2. The highest BCUT2D eigenvalue weighted by molar-refractivity contribution is 5.80. The van der Waals surface area contributed by atoms with Crippen molar-refractivity contribution in [3.05, 3.63) is 23.9 Å². The van der Waals surface area contributed by atoms with E-state index in [0.717, 1.165) is 57.5 Å². The van der Waals surface area contributed by atoms with Gasteiger partial charge in [-0.2, -0.15) is 0 Å². The van der Waals surface area contributed by atoms with Crippen molar-refractivity contribution in [2.75, 3.05) is 44.7 Å². The highest BCUT2D eigenvalue weighted by atomic mass is 16.5. The van der Waals surface area contributed by atoms with Crippen LogP contribution in [0.2, 0.25) is 0 Å². The molecule has 0 saturated carbocycles. The Hall–Kier alpha value is -1.86. The van der Waals surface area contributed by atoms with Gasteiger partial charge >= 0.3 is 0 Å². The number of likely N-dealkylation sites (N-methyl/N-ethyl adjacent to an activating group) is 1. The molecule has 2 bridgehead atoms. The van der Waals surface area contributed by atoms with Crippen LogP contribution in [-0.2, 0) is 11.3 Å². The molecule has 3 unspecified atom stereocenters. The summed E-state index contributed by atoms with van der Waals surface area (Å²) in [5.74, 6) is 1.93. The maximum atomic E-state index is 5.93. The Kier molecular flexibility index (Phi) is 5.78. The average molecular weight is 373 g/mol. The van der Waals surface area contributed by atoms with Gasteiger partial charge < -0.3 is 25.2 Å². The van der Waals surface area contributed by atoms with E-state index in [0.29, 0.717) is 18.2 Å². The molecule has 27 heavy (non-hydrogen) atoms. The van der Waals surface area contributed by atoms with E-state index < -0.39 is 0 Å². The average Bonchev–Trinajstić information content (AvgIpc) is 3.34. The van der Waals surface area contributed by atoms with E-state index in [9.17, 15) is 0 Å². The molecule has 2 N–H and O–H groups in total. The van der Waals surface area contributed by atoms with E-state index in [-0.39, 0.29) is 0 Å². The zero-order chi connectivity index (χ0) is 18.6. The number of aromatic nitrogens is 1. The molecule has 3 aliphatic heterocycles. The van der Waals surface area contributed by atoms with Crippen LogP contribution in [-0.4, -0.2) is 73.9 Å². The first kappa shape index (κ1) is 18.5. The van der Waals surface area contributed by atoms with Gasteiger partial charge in [-0.25, -0.2) is 4.98 Å². The molecule has 7 nitrogen and oxygen atoms in total. The van der Waals surface area contributed by atoms with Gasteiger partial charge in [0.25, 0.3) is 0 Å². The molecule has 3 fully saturated rings. The van der Waals surface area contributed by atoms with Gasteiger partial charge in [0, 0.05) is 46.0 Å². The van der Waals surface area contributed by atoms with Crippen LogP contribution in [0.25, 0.3) is 0 Å². The highest BCUT2D eigenvalue weighted by Crippen LogP contribution is 2.34. The minimum absolute atomic E-state index is 0.350. The summed E-state index contributed by atoms with van der Waals surface area (Å²) < 4.78 is 5.93. The lowest BCUT2D eigenvalue weighted by molar-refractivity contribution is 0.0992. The summed E-state index contributed by atoms with van der Waals surface area (Å²) in [5.41, 5.74) is 1.23. The molecule has 1 aromatic heterocycles. The second kappa shape index (κ2) is 8.44. The number of piperazine rings is 1. The maximum absolute atomic E-state index is 5.93. The molecule has 4 heterocycles. The summed E-state index contributed by atoms with van der Waals surface area (Å²) in [5, 5.41) is 6.99. The van der Waals surface area contributed by atoms with E-state index in [1.165, 1.54) is 18.4 Å². The van der Waals surface area contributed by atoms with Crippen LogP contribution in [0.4, 0.5) is 5.82 Å². The minimum Gasteiger partial charge on any atom is -0.373 e. The fraction of sp³-hybridized carbons (Fsp3) is 0.700. The van der Waals surface area contributed by atoms with Crippen LogP contribution in [0.5, 0.6) is 0 Å². The smallest absolute Gasteiger partial charge is 0.191 e. The number of hydrogen-bond donors (Lipinski definition) is 2. The van der Waals surface area contributed by atoms with Gasteiger partial charge in [0.2, 0.25) is 0 Å². The predicted octanol–water partition coefficient (Wildman–Crippen LogP) is 1.21. The van der Waals surface area contributed by atoms with Crippen molar-refractivity contribution in [2.24, 2.45) is 4.99 Å². The number of guanidine groups is 1. The molecular formula is C20H32N6O. The third kappa shape index (κ3) is 4.35. The van der Waals surface area contributed by atoms with Gasteiger partial charge in [-0.1, -0.05) is 6.92 Å². The minimum atomic E-state index is 0.350. The van der Waals surface area contributed by atoms with Crippen molar-refractivity contribution < 1.29 is 4.74 Å². The van der Waals surface area contributed by atoms with Crippen LogP contribution < -0.4 is 15.5 Å². The molecule has 1 aromatic rings. The number of pyridine rings is 1. The van der Waals surface area contributed by atoms with Crippen molar-refractivity contribution in [3.8, 4) is 0 Å². The molecule has 4 rings (SSSR count). The van der Waals surface area contributed by atoms with Crippen LogP contribution in [0, 0.1) is 0 Å². The first-order valence-electron chi connectivity index (χ1n) is 10.3. The Morgan fingerprint density at radius 2 is 2.15 bits per heavy atom. The molecule has 0 radical (unpaired) electrons. The standard InChI is InChI=1S/C20H32N6O/c1-3-25-8-10-26(11-9-25)19-12-15(6-7-22-19)14-23-20(21-2)24-17-13-16-4-5-18(17)27-16/h6-7,12,16-18H,3-5,8-11,13-14H2,1-2H3,(H2,21,23,24). The molecule has 0 aliphatic carbocycles. The molecule has 148 valence electrons. The van der Waals surface area contributed by atoms with Gasteiger partial charge in [0.05, 0.1) is 18.2 Å². The number of hydrogen-bond acceptors (Lipinski definition) is 5. The summed E-state index contributed by atoms with van der Waals surface area (Å²) in [7, 11) is 1.83. The number of fused-ring (bicyclic) bond motifs is 2. The summed E-state index contributed by atoms with van der Waals surface area (Å²) >= 11 is 0. The SMILES string of the molecule is CCN1CCN(c2cc(CNC(=NC)NC3CC4CCC3O4)ccn2)CC1. The number of rotatable bonds is 5. The van der Waals surface area contributed by atoms with E-state index in [1.54, 1.807) is 0 Å². The lowest BCUT2D eigenvalue weighted by atomic mass is 9.96. The Balaban J connectivity index is 1.30. The van der Waals surface area contributed by atoms with Crippen molar-refractivity contribution in [1.82, 2.24) is 20.5 Å². The molecule has 0 spiro atoms. The normalized spacial score (nSPS) is 28.6. The fourth-order valence-electron chi connectivity index (χ4n) is 4.38. The number of anilines is 1. The topological polar surface area (TPSA) is 65.0 Å². The van der Waals surface area contributed by atoms with Gasteiger partial charge in [-0.15, -0.1) is 0 Å². The predicted molar refractivity (Wildman–Crippen MR) is 108 cm³/mol. The van der Waals surface area contributed by atoms with Crippen molar-refractivity contribution >= 4 is 11.8 Å². The largest absolute Gasteiger partial charge is 0.373 e. The first-order valence-corrected chi connectivity index (χ1v) is 10.3. The second-order valence-electron chi connectivity index (χ2n) is 7.73. The lowest BCUT2D eigenvalue weighted by Gasteiger charge is -2.34. The second-order valence-corrected chi connectivity index (χ2v) is 7.73. The maximum Gasteiger partial charge on any atom is 0.191 e. The third-order valence-corrected chi connectivity index (χ3v) is 6.07. The van der Waals surface area contributed by atoms with Crippen LogP contribution in [0.1, 0.15) is 31.7 Å². The molecule has 0 amide bonds. The Morgan fingerprint density at radius 1 is 1.30 bits per heavy atom. The summed E-state index contributed by atoms with van der Waals surface area (Å²) in [6, 6.07) is 4.66. The monoisotopic (exact) mass is 372 g/mol. The van der Waals surface area contributed by atoms with Gasteiger partial charge in [0.15, 0.2) is 5.96 Å². The van der Waals surface area contributed by atoms with Gasteiger partial charge in [0.1, 0.15) is 5.82 Å². The number of nitrogens with zero attached hydrogens (tertiary/aromatic N) is 4. The third-order valence-electron chi connectivity index (χ3n) is 6.07. The zero-order valence-corrected chi connectivity index (χ0v) is 16.5. The Bertz CT molecular complexity index is 658. The molecular weight excluding hydrogens is 340 g/mol. The zero-order valence-electron chi connectivity index (χ0n) is 16.5. The fourth-order valence-corrected chi connectivity index (χ4v) is 4.38. The van der Waals surface area contributed by atoms with Crippen LogP contribution >= 0.6 is 0 Å². The molecule has 3 aliphatic rings. The molecule has 7 heteroatoms. The van der Waals surface area contributed by atoms with Crippen molar-refractivity contribution in [3.63, 3.8) is 0 Å². The quantitative estimate of drug-likeness (QED) is 0.598. The van der Waals surface area contributed by atoms with Crippen LogP contribution in [0.3, 0.4) is 0 Å². The Labute approximate surface area is 162 Å². The van der Waals surface area contributed by atoms with E-state index >= 15 is 0 Å². The van der Waals surface area contributed by atoms with Gasteiger partial charge in [-0.05, 0) is 43.5 Å². The summed E-state index contributed by atoms with van der Waals surface area (Å²) in [6.07, 6.45) is 6.18. The number of ether oxygens (including phenoxy) is 1. The lowest BCUT2D eigenvalue weighted by Crippen LogP contribution is -2.47. The van der Waals surface area contributed by atoms with E-state index in [1.807, 2.05) is 13.2 Å².